The molecule has 112 valence electrons. The normalized spacial score (nSPS) is 13.8. The molecular formula is C15H22ClNO2S. The summed E-state index contributed by atoms with van der Waals surface area (Å²) in [4.78, 5) is 12.2. The molecule has 0 aliphatic heterocycles. The maximum absolute atomic E-state index is 12.2. The Morgan fingerprint density at radius 2 is 2.25 bits per heavy atom. The number of carbonyl (C=O) groups excluding carboxylic acids is 1. The van der Waals surface area contributed by atoms with Crippen LogP contribution < -0.4 is 5.32 Å². The third kappa shape index (κ3) is 6.16. The highest BCUT2D eigenvalue weighted by Gasteiger charge is 2.17. The molecule has 0 fully saturated rings. The predicted molar refractivity (Wildman–Crippen MR) is 86.3 cm³/mol. The van der Waals surface area contributed by atoms with E-state index in [0.717, 1.165) is 11.3 Å². The van der Waals surface area contributed by atoms with Gasteiger partial charge in [0.05, 0.1) is 0 Å². The van der Waals surface area contributed by atoms with Crippen molar-refractivity contribution in [3.8, 4) is 0 Å². The van der Waals surface area contributed by atoms with Gasteiger partial charge in [0.15, 0.2) is 0 Å². The van der Waals surface area contributed by atoms with Gasteiger partial charge in [-0.1, -0.05) is 30.7 Å². The van der Waals surface area contributed by atoms with Crippen LogP contribution in [0.25, 0.3) is 0 Å². The minimum atomic E-state index is -0.114. The molecule has 3 nitrogen and oxygen atoms in total. The molecule has 1 amide bonds. The average molecular weight is 316 g/mol. The van der Waals surface area contributed by atoms with Crippen molar-refractivity contribution < 1.29 is 9.90 Å². The van der Waals surface area contributed by atoms with E-state index < -0.39 is 0 Å². The van der Waals surface area contributed by atoms with Crippen molar-refractivity contribution in [2.24, 2.45) is 5.92 Å². The van der Waals surface area contributed by atoms with Crippen LogP contribution in [0.15, 0.2) is 24.3 Å². The summed E-state index contributed by atoms with van der Waals surface area (Å²) >= 11 is 7.61. The van der Waals surface area contributed by atoms with Crippen LogP contribution in [0.5, 0.6) is 0 Å². The quantitative estimate of drug-likeness (QED) is 0.775. The molecule has 0 heterocycles. The van der Waals surface area contributed by atoms with Crippen LogP contribution in [-0.2, 0) is 11.2 Å². The number of aliphatic hydroxyl groups is 1. The van der Waals surface area contributed by atoms with E-state index in [1.54, 1.807) is 11.8 Å². The molecule has 1 aromatic carbocycles. The zero-order valence-corrected chi connectivity index (χ0v) is 13.5. The van der Waals surface area contributed by atoms with Crippen LogP contribution in [-0.4, -0.2) is 35.7 Å². The van der Waals surface area contributed by atoms with Crippen molar-refractivity contribution in [1.29, 1.82) is 0 Å². The molecular weight excluding hydrogens is 294 g/mol. The zero-order valence-electron chi connectivity index (χ0n) is 11.9. The van der Waals surface area contributed by atoms with Crippen LogP contribution in [0.1, 0.15) is 18.9 Å². The first-order valence-electron chi connectivity index (χ1n) is 6.71. The highest BCUT2D eigenvalue weighted by atomic mass is 35.5. The molecule has 0 saturated heterocycles. The van der Waals surface area contributed by atoms with E-state index in [9.17, 15) is 4.79 Å². The Balaban J connectivity index is 2.53. The first kappa shape index (κ1) is 17.3. The Labute approximate surface area is 130 Å². The minimum absolute atomic E-state index is 0.0254. The van der Waals surface area contributed by atoms with Gasteiger partial charge >= 0.3 is 0 Å². The lowest BCUT2D eigenvalue weighted by Gasteiger charge is -2.19. The summed E-state index contributed by atoms with van der Waals surface area (Å²) in [6, 6.07) is 7.61. The van der Waals surface area contributed by atoms with Crippen molar-refractivity contribution in [1.82, 2.24) is 5.32 Å². The number of thioether (sulfide) groups is 1. The average Bonchev–Trinajstić information content (AvgIpc) is 2.39. The van der Waals surface area contributed by atoms with Gasteiger partial charge in [0, 0.05) is 29.3 Å². The molecule has 0 aliphatic rings. The summed E-state index contributed by atoms with van der Waals surface area (Å²) in [7, 11) is 0. The Morgan fingerprint density at radius 3 is 2.85 bits per heavy atom. The summed E-state index contributed by atoms with van der Waals surface area (Å²) in [5.41, 5.74) is 1.06. The van der Waals surface area contributed by atoms with Gasteiger partial charge in [-0.25, -0.2) is 0 Å². The van der Waals surface area contributed by atoms with Crippen LogP contribution in [0.3, 0.4) is 0 Å². The molecule has 2 unspecified atom stereocenters. The molecule has 0 spiro atoms. The van der Waals surface area contributed by atoms with Gasteiger partial charge in [-0.3, -0.25) is 4.79 Å². The third-order valence-electron chi connectivity index (χ3n) is 3.07. The Bertz CT molecular complexity index is 422. The Morgan fingerprint density at radius 1 is 1.50 bits per heavy atom. The number of hydrogen-bond acceptors (Lipinski definition) is 3. The number of nitrogens with one attached hydrogen (secondary N) is 1. The van der Waals surface area contributed by atoms with E-state index in [4.69, 9.17) is 16.7 Å². The van der Waals surface area contributed by atoms with E-state index in [-0.39, 0.29) is 24.5 Å². The van der Waals surface area contributed by atoms with Crippen molar-refractivity contribution >= 4 is 29.3 Å². The third-order valence-corrected chi connectivity index (χ3v) is 4.04. The summed E-state index contributed by atoms with van der Waals surface area (Å²) < 4.78 is 0. The second kappa shape index (κ2) is 9.27. The second-order valence-electron chi connectivity index (χ2n) is 4.91. The van der Waals surface area contributed by atoms with E-state index in [1.807, 2.05) is 37.4 Å². The van der Waals surface area contributed by atoms with Gasteiger partial charge in [0.2, 0.25) is 5.91 Å². The van der Waals surface area contributed by atoms with Gasteiger partial charge in [0.25, 0.3) is 0 Å². The monoisotopic (exact) mass is 315 g/mol. The number of aliphatic hydroxyl groups excluding tert-OH is 1. The Hall–Kier alpha value is -0.710. The van der Waals surface area contributed by atoms with Crippen molar-refractivity contribution in [3.05, 3.63) is 34.9 Å². The van der Waals surface area contributed by atoms with Crippen LogP contribution >= 0.6 is 23.4 Å². The fourth-order valence-electron chi connectivity index (χ4n) is 2.01. The summed E-state index contributed by atoms with van der Waals surface area (Å²) in [5, 5.41) is 12.7. The number of rotatable bonds is 8. The van der Waals surface area contributed by atoms with Crippen LogP contribution in [0, 0.1) is 5.92 Å². The molecule has 2 atom stereocenters. The predicted octanol–water partition coefficient (Wildman–Crippen LogP) is 2.75. The number of benzene rings is 1. The number of hydrogen-bond donors (Lipinski definition) is 2. The van der Waals surface area contributed by atoms with Crippen LogP contribution in [0.2, 0.25) is 5.02 Å². The lowest BCUT2D eigenvalue weighted by molar-refractivity contribution is -0.125. The molecule has 0 bridgehead atoms. The zero-order chi connectivity index (χ0) is 15.0. The van der Waals surface area contributed by atoms with E-state index >= 15 is 0 Å². The number of halogens is 1. The highest BCUT2D eigenvalue weighted by Crippen LogP contribution is 2.15. The molecule has 0 saturated carbocycles. The van der Waals surface area contributed by atoms with Gasteiger partial charge in [-0.2, -0.15) is 11.8 Å². The fourth-order valence-corrected chi connectivity index (χ4v) is 2.87. The van der Waals surface area contributed by atoms with Crippen LogP contribution in [0.4, 0.5) is 0 Å². The molecule has 20 heavy (non-hydrogen) atoms. The molecule has 0 aliphatic carbocycles. The van der Waals surface area contributed by atoms with E-state index in [0.29, 0.717) is 17.9 Å². The molecule has 0 aromatic heterocycles. The lowest BCUT2D eigenvalue weighted by Crippen LogP contribution is -2.40. The summed E-state index contributed by atoms with van der Waals surface area (Å²) in [5.74, 6) is 0.727. The van der Waals surface area contributed by atoms with Crippen molar-refractivity contribution in [2.75, 3.05) is 18.6 Å². The largest absolute Gasteiger partial charge is 0.396 e. The smallest absolute Gasteiger partial charge is 0.223 e. The van der Waals surface area contributed by atoms with Gasteiger partial charge in [-0.05, 0) is 36.8 Å². The molecule has 0 radical (unpaired) electrons. The maximum Gasteiger partial charge on any atom is 0.223 e. The minimum Gasteiger partial charge on any atom is -0.396 e. The van der Waals surface area contributed by atoms with Gasteiger partial charge in [-0.15, -0.1) is 0 Å². The van der Waals surface area contributed by atoms with Gasteiger partial charge < -0.3 is 10.4 Å². The second-order valence-corrected chi connectivity index (χ2v) is 6.26. The lowest BCUT2D eigenvalue weighted by atomic mass is 10.00. The molecule has 2 N–H and O–H groups in total. The molecule has 5 heteroatoms. The standard InChI is InChI=1S/C15H22ClNO2S/c1-11(8-12-4-3-5-13(16)9-12)15(19)17-14(6-7-18)10-20-2/h3-5,9,11,14,18H,6-8,10H2,1-2H3,(H,17,19). The highest BCUT2D eigenvalue weighted by molar-refractivity contribution is 7.98. The first-order valence-corrected chi connectivity index (χ1v) is 8.48. The van der Waals surface area contributed by atoms with Crippen molar-refractivity contribution in [3.63, 3.8) is 0 Å². The van der Waals surface area contributed by atoms with E-state index in [2.05, 4.69) is 5.32 Å². The number of amides is 1. The van der Waals surface area contributed by atoms with Gasteiger partial charge in [0.1, 0.15) is 0 Å². The SMILES string of the molecule is CSCC(CCO)NC(=O)C(C)Cc1cccc(Cl)c1. The molecule has 1 aromatic rings. The summed E-state index contributed by atoms with van der Waals surface area (Å²) in [6.45, 7) is 2.00. The topological polar surface area (TPSA) is 49.3 Å². The summed E-state index contributed by atoms with van der Waals surface area (Å²) in [6.07, 6.45) is 3.25. The number of carbonyl (C=O) groups is 1. The maximum atomic E-state index is 12.2. The fraction of sp³-hybridized carbons (Fsp3) is 0.533. The van der Waals surface area contributed by atoms with Crippen molar-refractivity contribution in [2.45, 2.75) is 25.8 Å². The van der Waals surface area contributed by atoms with E-state index in [1.165, 1.54) is 0 Å². The molecule has 1 rings (SSSR count). The first-order chi connectivity index (χ1) is 9.56. The Kier molecular flexibility index (Phi) is 8.04.